The van der Waals surface area contributed by atoms with E-state index in [9.17, 15) is 17.6 Å². The molecule has 1 N–H and O–H groups in total. The molecule has 1 aromatic rings. The largest absolute Gasteiger partial charge is 0.456 e. The maximum atomic E-state index is 13.6. The average molecular weight is 414 g/mol. The Morgan fingerprint density at radius 2 is 2.08 bits per heavy atom. The van der Waals surface area contributed by atoms with Crippen LogP contribution in [0, 0.1) is 5.82 Å². The molecule has 1 aromatic carbocycles. The summed E-state index contributed by atoms with van der Waals surface area (Å²) in [6, 6.07) is 4.30. The number of ether oxygens (including phenoxy) is 1. The first-order valence-corrected chi connectivity index (χ1v) is 9.91. The van der Waals surface area contributed by atoms with Crippen molar-refractivity contribution in [2.24, 2.45) is 0 Å². The lowest BCUT2D eigenvalue weighted by Crippen LogP contribution is -2.34. The van der Waals surface area contributed by atoms with Crippen molar-refractivity contribution in [2.45, 2.75) is 18.8 Å². The molecule has 0 radical (unpaired) electrons. The summed E-state index contributed by atoms with van der Waals surface area (Å²) in [5.74, 6) is -1.69. The molecule has 1 atom stereocenters. The first kappa shape index (κ1) is 15.8. The predicted molar refractivity (Wildman–Crippen MR) is 88.0 cm³/mol. The third kappa shape index (κ3) is 2.31. The van der Waals surface area contributed by atoms with E-state index in [1.807, 2.05) is 0 Å². The van der Waals surface area contributed by atoms with Crippen LogP contribution in [-0.2, 0) is 19.4 Å². The fourth-order valence-corrected chi connectivity index (χ4v) is 5.76. The number of esters is 1. The van der Waals surface area contributed by atoms with Gasteiger partial charge in [-0.1, -0.05) is 6.07 Å². The monoisotopic (exact) mass is 413 g/mol. The summed E-state index contributed by atoms with van der Waals surface area (Å²) < 4.78 is 44.3. The maximum Gasteiger partial charge on any atom is 0.337 e. The SMILES string of the molecule is O=C1OCC2=C1C(c1ccc(F)c(Br)c1)C1=C(CCCS1(=O)=O)N2. The van der Waals surface area contributed by atoms with E-state index in [1.165, 1.54) is 18.2 Å². The van der Waals surface area contributed by atoms with Crippen LogP contribution in [-0.4, -0.2) is 26.7 Å². The van der Waals surface area contributed by atoms with E-state index in [2.05, 4.69) is 21.2 Å². The maximum absolute atomic E-state index is 13.6. The number of halogens is 2. The Kier molecular flexibility index (Phi) is 3.58. The number of cyclic esters (lactones) is 1. The van der Waals surface area contributed by atoms with Crippen LogP contribution in [0.5, 0.6) is 0 Å². The summed E-state index contributed by atoms with van der Waals surface area (Å²) in [5.41, 5.74) is 2.07. The number of sulfone groups is 1. The lowest BCUT2D eigenvalue weighted by atomic mass is 9.86. The summed E-state index contributed by atoms with van der Waals surface area (Å²) in [6.45, 7) is 0.101. The van der Waals surface area contributed by atoms with Gasteiger partial charge in [0.2, 0.25) is 0 Å². The van der Waals surface area contributed by atoms with Crippen molar-refractivity contribution in [2.75, 3.05) is 12.4 Å². The molecule has 0 aromatic heterocycles. The van der Waals surface area contributed by atoms with Crippen LogP contribution in [0.1, 0.15) is 24.3 Å². The fourth-order valence-electron chi connectivity index (χ4n) is 3.47. The van der Waals surface area contributed by atoms with Gasteiger partial charge < -0.3 is 10.1 Å². The molecular formula is C16H13BrFNO4S. The Bertz CT molecular complexity index is 935. The van der Waals surface area contributed by atoms with Crippen LogP contribution >= 0.6 is 15.9 Å². The minimum atomic E-state index is -3.50. The lowest BCUT2D eigenvalue weighted by molar-refractivity contribution is -0.136. The molecule has 0 fully saturated rings. The number of hydrogen-bond donors (Lipinski definition) is 1. The van der Waals surface area contributed by atoms with Crippen molar-refractivity contribution >= 4 is 31.7 Å². The molecule has 0 saturated heterocycles. The highest BCUT2D eigenvalue weighted by Gasteiger charge is 2.45. The Balaban J connectivity index is 1.96. The highest BCUT2D eigenvalue weighted by molar-refractivity contribution is 9.10. The van der Waals surface area contributed by atoms with Gasteiger partial charge in [-0.25, -0.2) is 17.6 Å². The molecule has 3 heterocycles. The summed E-state index contributed by atoms with van der Waals surface area (Å²) in [4.78, 5) is 12.4. The number of rotatable bonds is 1. The predicted octanol–water partition coefficient (Wildman–Crippen LogP) is 2.51. The second-order valence-electron chi connectivity index (χ2n) is 5.97. The highest BCUT2D eigenvalue weighted by atomic mass is 79.9. The lowest BCUT2D eigenvalue weighted by Gasteiger charge is -2.32. The third-order valence-corrected chi connectivity index (χ3v) is 7.08. The summed E-state index contributed by atoms with van der Waals surface area (Å²) in [5, 5.41) is 3.08. The van der Waals surface area contributed by atoms with Crippen molar-refractivity contribution in [1.29, 1.82) is 0 Å². The molecule has 0 aliphatic carbocycles. The Labute approximate surface area is 146 Å². The first-order valence-electron chi connectivity index (χ1n) is 7.46. The minimum absolute atomic E-state index is 0.0457. The topological polar surface area (TPSA) is 72.5 Å². The molecule has 3 aliphatic rings. The molecule has 4 rings (SSSR count). The van der Waals surface area contributed by atoms with Crippen molar-refractivity contribution in [1.82, 2.24) is 5.32 Å². The smallest absolute Gasteiger partial charge is 0.337 e. The fraction of sp³-hybridized carbons (Fsp3) is 0.312. The number of allylic oxidation sites excluding steroid dienone is 2. The van der Waals surface area contributed by atoms with Gasteiger partial charge in [0.15, 0.2) is 9.84 Å². The van der Waals surface area contributed by atoms with Crippen LogP contribution in [0.2, 0.25) is 0 Å². The highest BCUT2D eigenvalue weighted by Crippen LogP contribution is 2.46. The zero-order valence-corrected chi connectivity index (χ0v) is 14.8. The summed E-state index contributed by atoms with van der Waals surface area (Å²) >= 11 is 3.13. The number of carbonyl (C=O) groups excluding carboxylic acids is 1. The summed E-state index contributed by atoms with van der Waals surface area (Å²) in [7, 11) is -3.50. The van der Waals surface area contributed by atoms with Crippen LogP contribution in [0.3, 0.4) is 0 Å². The Hall–Kier alpha value is -1.67. The van der Waals surface area contributed by atoms with Crippen molar-refractivity contribution in [3.8, 4) is 0 Å². The van der Waals surface area contributed by atoms with E-state index in [0.29, 0.717) is 35.4 Å². The standard InChI is InChI=1S/C16H13BrFNO4S/c17-9-6-8(3-4-10(9)18)13-14-12(7-23-16(14)20)19-11-2-1-5-24(21,22)15(11)13/h3-4,6,13,19H,1-2,5,7H2. The van der Waals surface area contributed by atoms with Gasteiger partial charge in [0.25, 0.3) is 0 Å². The molecule has 0 saturated carbocycles. The van der Waals surface area contributed by atoms with Crippen molar-refractivity contribution < 1.29 is 22.3 Å². The van der Waals surface area contributed by atoms with Crippen LogP contribution in [0.4, 0.5) is 4.39 Å². The molecule has 3 aliphatic heterocycles. The van der Waals surface area contributed by atoms with Gasteiger partial charge in [-0.2, -0.15) is 0 Å². The van der Waals surface area contributed by atoms with E-state index in [4.69, 9.17) is 4.74 Å². The molecule has 1 unspecified atom stereocenters. The molecule has 5 nitrogen and oxygen atoms in total. The van der Waals surface area contributed by atoms with Gasteiger partial charge in [0, 0.05) is 5.70 Å². The molecule has 8 heteroatoms. The molecule has 126 valence electrons. The van der Waals surface area contributed by atoms with Gasteiger partial charge in [0.1, 0.15) is 12.4 Å². The molecule has 24 heavy (non-hydrogen) atoms. The van der Waals surface area contributed by atoms with Crippen molar-refractivity contribution in [3.63, 3.8) is 0 Å². The first-order chi connectivity index (χ1) is 11.4. The Morgan fingerprint density at radius 3 is 2.83 bits per heavy atom. The quantitative estimate of drug-likeness (QED) is 0.716. The molecule has 0 amide bonds. The van der Waals surface area contributed by atoms with Gasteiger partial charge >= 0.3 is 5.97 Å². The van der Waals surface area contributed by atoms with E-state index in [-0.39, 0.29) is 21.7 Å². The zero-order valence-electron chi connectivity index (χ0n) is 12.4. The summed E-state index contributed by atoms with van der Waals surface area (Å²) in [6.07, 6.45) is 1.13. The molecular weight excluding hydrogens is 401 g/mol. The number of dihydropyridines is 1. The van der Waals surface area contributed by atoms with E-state index in [1.54, 1.807) is 0 Å². The number of carbonyl (C=O) groups is 1. The number of benzene rings is 1. The van der Waals surface area contributed by atoms with Crippen LogP contribution in [0.15, 0.2) is 44.5 Å². The number of hydrogen-bond acceptors (Lipinski definition) is 5. The second kappa shape index (κ2) is 5.42. The van der Waals surface area contributed by atoms with Gasteiger partial charge in [-0.3, -0.25) is 0 Å². The second-order valence-corrected chi connectivity index (χ2v) is 8.90. The van der Waals surface area contributed by atoms with Gasteiger partial charge in [-0.15, -0.1) is 0 Å². The van der Waals surface area contributed by atoms with Crippen LogP contribution < -0.4 is 5.32 Å². The molecule has 0 bridgehead atoms. The molecule has 0 spiro atoms. The number of nitrogens with one attached hydrogen (secondary N) is 1. The zero-order chi connectivity index (χ0) is 17.1. The third-order valence-electron chi connectivity index (χ3n) is 4.49. The van der Waals surface area contributed by atoms with E-state index < -0.39 is 27.5 Å². The van der Waals surface area contributed by atoms with E-state index in [0.717, 1.165) is 0 Å². The minimum Gasteiger partial charge on any atom is -0.456 e. The van der Waals surface area contributed by atoms with E-state index >= 15 is 0 Å². The van der Waals surface area contributed by atoms with Gasteiger partial charge in [0.05, 0.1) is 32.3 Å². The van der Waals surface area contributed by atoms with Gasteiger partial charge in [-0.05, 0) is 46.5 Å². The normalized spacial score (nSPS) is 25.1. The van der Waals surface area contributed by atoms with Crippen molar-refractivity contribution in [3.05, 3.63) is 55.9 Å². The average Bonchev–Trinajstić information content (AvgIpc) is 2.89. The Morgan fingerprint density at radius 1 is 1.29 bits per heavy atom. The van der Waals surface area contributed by atoms with Crippen LogP contribution in [0.25, 0.3) is 0 Å².